The number of piperidine rings is 2. The number of carbonyl (C=O) groups is 1. The number of hydrogen-bond donors (Lipinski definition) is 1. The zero-order chi connectivity index (χ0) is 23.2. The number of methoxy groups -OCH3 is 1. The van der Waals surface area contributed by atoms with Gasteiger partial charge in [-0.2, -0.15) is 0 Å². The molecule has 2 aliphatic heterocycles. The summed E-state index contributed by atoms with van der Waals surface area (Å²) < 4.78 is 18.5. The number of ether oxygens (including phenoxy) is 1. The summed E-state index contributed by atoms with van der Waals surface area (Å²) in [5.74, 6) is 1.20. The summed E-state index contributed by atoms with van der Waals surface area (Å²) in [6, 6.07) is 15.0. The van der Waals surface area contributed by atoms with Crippen LogP contribution < -0.4 is 10.1 Å². The van der Waals surface area contributed by atoms with Crippen LogP contribution in [-0.2, 0) is 6.42 Å². The van der Waals surface area contributed by atoms with Gasteiger partial charge in [-0.3, -0.25) is 4.90 Å². The van der Waals surface area contributed by atoms with E-state index in [1.165, 1.54) is 12.0 Å². The van der Waals surface area contributed by atoms with E-state index in [0.717, 1.165) is 63.2 Å². The van der Waals surface area contributed by atoms with Gasteiger partial charge < -0.3 is 15.0 Å². The van der Waals surface area contributed by atoms with Crippen LogP contribution in [-0.4, -0.2) is 54.7 Å². The van der Waals surface area contributed by atoms with Crippen LogP contribution in [0.4, 0.5) is 14.9 Å². The molecule has 2 unspecified atom stereocenters. The number of halogens is 1. The van der Waals surface area contributed by atoms with Gasteiger partial charge in [0.25, 0.3) is 0 Å². The number of hydrogen-bond acceptors (Lipinski definition) is 3. The number of nitrogens with one attached hydrogen (secondary N) is 1. The predicted molar refractivity (Wildman–Crippen MR) is 130 cm³/mol. The van der Waals surface area contributed by atoms with Crippen LogP contribution in [0.15, 0.2) is 48.5 Å². The Morgan fingerprint density at radius 1 is 1.09 bits per heavy atom. The van der Waals surface area contributed by atoms with Gasteiger partial charge in [-0.25, -0.2) is 9.18 Å². The molecule has 2 aliphatic rings. The highest BCUT2D eigenvalue weighted by atomic mass is 19.1. The Morgan fingerprint density at radius 2 is 1.85 bits per heavy atom. The standard InChI is InChI=1S/C27H36FN3O2/c1-20(30-16-13-22(14-17-30)18-21-9-11-23(28)12-10-21)26-8-3-4-15-31(26)27(32)29-24-6-5-7-25(19-24)33-2/h5-7,9-12,19-20,22,26H,3-4,8,13-18H2,1-2H3,(H,29,32). The topological polar surface area (TPSA) is 44.8 Å². The van der Waals surface area contributed by atoms with Gasteiger partial charge in [0.1, 0.15) is 11.6 Å². The SMILES string of the molecule is COc1cccc(NC(=O)N2CCCCC2C(C)N2CCC(Cc3ccc(F)cc3)CC2)c1. The van der Waals surface area contributed by atoms with Gasteiger partial charge in [-0.15, -0.1) is 0 Å². The minimum absolute atomic E-state index is 0.0222. The lowest BCUT2D eigenvalue weighted by Crippen LogP contribution is -2.56. The largest absolute Gasteiger partial charge is 0.497 e. The summed E-state index contributed by atoms with van der Waals surface area (Å²) in [6.07, 6.45) is 6.56. The quantitative estimate of drug-likeness (QED) is 0.622. The lowest BCUT2D eigenvalue weighted by molar-refractivity contribution is 0.0614. The van der Waals surface area contributed by atoms with E-state index in [2.05, 4.69) is 17.1 Å². The van der Waals surface area contributed by atoms with Crippen LogP contribution in [0.2, 0.25) is 0 Å². The van der Waals surface area contributed by atoms with Crippen LogP contribution in [0.5, 0.6) is 5.75 Å². The van der Waals surface area contributed by atoms with Gasteiger partial charge in [0, 0.05) is 30.4 Å². The molecular weight excluding hydrogens is 417 g/mol. The van der Waals surface area contributed by atoms with Crippen molar-refractivity contribution in [2.75, 3.05) is 32.1 Å². The Hall–Kier alpha value is -2.60. The molecule has 178 valence electrons. The zero-order valence-electron chi connectivity index (χ0n) is 19.8. The number of carbonyl (C=O) groups excluding carboxylic acids is 1. The Bertz CT molecular complexity index is 912. The van der Waals surface area contributed by atoms with E-state index in [9.17, 15) is 9.18 Å². The number of likely N-dealkylation sites (tertiary alicyclic amines) is 2. The predicted octanol–water partition coefficient (Wildman–Crippen LogP) is 5.56. The molecule has 2 heterocycles. The zero-order valence-corrected chi connectivity index (χ0v) is 19.8. The van der Waals surface area contributed by atoms with Crippen molar-refractivity contribution in [3.05, 3.63) is 59.9 Å². The molecule has 0 bridgehead atoms. The second kappa shape index (κ2) is 11.0. The minimum atomic E-state index is -0.171. The lowest BCUT2D eigenvalue weighted by Gasteiger charge is -2.45. The van der Waals surface area contributed by atoms with Gasteiger partial charge in [-0.1, -0.05) is 18.2 Å². The molecular formula is C27H36FN3O2. The first-order valence-electron chi connectivity index (χ1n) is 12.2. The molecule has 1 N–H and O–H groups in total. The molecule has 2 aromatic carbocycles. The van der Waals surface area contributed by atoms with Crippen LogP contribution in [0.25, 0.3) is 0 Å². The molecule has 6 heteroatoms. The van der Waals surface area contributed by atoms with Crippen LogP contribution in [0, 0.1) is 11.7 Å². The van der Waals surface area contributed by atoms with Crippen molar-refractivity contribution in [1.29, 1.82) is 0 Å². The van der Waals surface area contributed by atoms with Crippen molar-refractivity contribution in [2.24, 2.45) is 5.92 Å². The molecule has 4 rings (SSSR count). The van der Waals surface area contributed by atoms with Gasteiger partial charge in [0.15, 0.2) is 0 Å². The Balaban J connectivity index is 1.33. The number of benzene rings is 2. The van der Waals surface area contributed by atoms with Gasteiger partial charge in [0.05, 0.1) is 7.11 Å². The third-order valence-electron chi connectivity index (χ3n) is 7.35. The number of amides is 2. The second-order valence-electron chi connectivity index (χ2n) is 9.47. The second-order valence-corrected chi connectivity index (χ2v) is 9.47. The van der Waals surface area contributed by atoms with Crippen LogP contribution in [0.1, 0.15) is 44.6 Å². The fraction of sp³-hybridized carbons (Fsp3) is 0.519. The Labute approximate surface area is 196 Å². The third kappa shape index (κ3) is 6.05. The van der Waals surface area contributed by atoms with Crippen molar-refractivity contribution in [3.8, 4) is 5.75 Å². The van der Waals surface area contributed by atoms with E-state index in [-0.39, 0.29) is 17.9 Å². The molecule has 33 heavy (non-hydrogen) atoms. The van der Waals surface area contributed by atoms with Crippen LogP contribution in [0.3, 0.4) is 0 Å². The molecule has 2 atom stereocenters. The Morgan fingerprint density at radius 3 is 2.58 bits per heavy atom. The van der Waals surface area contributed by atoms with Gasteiger partial charge >= 0.3 is 6.03 Å². The number of urea groups is 1. The maximum absolute atomic E-state index is 13.2. The highest BCUT2D eigenvalue weighted by Gasteiger charge is 2.35. The van der Waals surface area contributed by atoms with Crippen molar-refractivity contribution in [2.45, 2.75) is 57.5 Å². The fourth-order valence-corrected chi connectivity index (χ4v) is 5.37. The Kier molecular flexibility index (Phi) is 7.86. The molecule has 0 saturated carbocycles. The number of rotatable bonds is 6. The van der Waals surface area contributed by atoms with Gasteiger partial charge in [-0.05, 0) is 94.3 Å². The molecule has 0 aliphatic carbocycles. The van der Waals surface area contributed by atoms with E-state index < -0.39 is 0 Å². The van der Waals surface area contributed by atoms with E-state index in [1.807, 2.05) is 41.3 Å². The smallest absolute Gasteiger partial charge is 0.322 e. The first-order chi connectivity index (χ1) is 16.0. The highest BCUT2D eigenvalue weighted by molar-refractivity contribution is 5.89. The molecule has 2 fully saturated rings. The average Bonchev–Trinajstić information content (AvgIpc) is 2.85. The maximum Gasteiger partial charge on any atom is 0.322 e. The maximum atomic E-state index is 13.2. The van der Waals surface area contributed by atoms with E-state index >= 15 is 0 Å². The van der Waals surface area contributed by atoms with Crippen molar-refractivity contribution in [3.63, 3.8) is 0 Å². The van der Waals surface area contributed by atoms with Crippen molar-refractivity contribution >= 4 is 11.7 Å². The molecule has 5 nitrogen and oxygen atoms in total. The molecule has 0 aromatic heterocycles. The fourth-order valence-electron chi connectivity index (χ4n) is 5.37. The summed E-state index contributed by atoms with van der Waals surface area (Å²) in [7, 11) is 1.63. The average molecular weight is 454 g/mol. The monoisotopic (exact) mass is 453 g/mol. The van der Waals surface area contributed by atoms with E-state index in [1.54, 1.807) is 19.2 Å². The number of anilines is 1. The summed E-state index contributed by atoms with van der Waals surface area (Å²) in [6.45, 7) is 5.18. The van der Waals surface area contributed by atoms with Crippen LogP contribution >= 0.6 is 0 Å². The lowest BCUT2D eigenvalue weighted by atomic mass is 9.88. The highest BCUT2D eigenvalue weighted by Crippen LogP contribution is 2.28. The third-order valence-corrected chi connectivity index (χ3v) is 7.35. The molecule has 0 radical (unpaired) electrons. The first-order valence-corrected chi connectivity index (χ1v) is 12.2. The normalized spacial score (nSPS) is 20.9. The molecule has 2 amide bonds. The molecule has 2 saturated heterocycles. The van der Waals surface area contributed by atoms with E-state index in [0.29, 0.717) is 12.0 Å². The summed E-state index contributed by atoms with van der Waals surface area (Å²) in [5.41, 5.74) is 1.98. The summed E-state index contributed by atoms with van der Waals surface area (Å²) in [5, 5.41) is 3.07. The van der Waals surface area contributed by atoms with Crippen molar-refractivity contribution < 1.29 is 13.9 Å². The van der Waals surface area contributed by atoms with Crippen molar-refractivity contribution in [1.82, 2.24) is 9.80 Å². The first kappa shape index (κ1) is 23.6. The van der Waals surface area contributed by atoms with E-state index in [4.69, 9.17) is 4.74 Å². The molecule has 0 spiro atoms. The minimum Gasteiger partial charge on any atom is -0.497 e. The summed E-state index contributed by atoms with van der Waals surface area (Å²) in [4.78, 5) is 17.8. The molecule has 2 aromatic rings. The van der Waals surface area contributed by atoms with Gasteiger partial charge in [0.2, 0.25) is 0 Å². The summed E-state index contributed by atoms with van der Waals surface area (Å²) >= 11 is 0. The number of nitrogens with zero attached hydrogens (tertiary/aromatic N) is 2.